The topological polar surface area (TPSA) is 80.3 Å². The van der Waals surface area contributed by atoms with Gasteiger partial charge in [0.05, 0.1) is 17.3 Å². The second-order valence-corrected chi connectivity index (χ2v) is 8.59. The molecule has 0 aliphatic carbocycles. The SMILES string of the molecule is CCNC(C)CCS(=O)(=O)CCS(C)(=O)=O. The molecule has 98 valence electrons. The van der Waals surface area contributed by atoms with Crippen LogP contribution in [-0.4, -0.2) is 52.9 Å². The summed E-state index contributed by atoms with van der Waals surface area (Å²) in [5.74, 6) is -0.522. The predicted molar refractivity (Wildman–Crippen MR) is 66.1 cm³/mol. The molecule has 0 bridgehead atoms. The van der Waals surface area contributed by atoms with E-state index in [9.17, 15) is 16.8 Å². The molecular weight excluding hydrogens is 250 g/mol. The van der Waals surface area contributed by atoms with Gasteiger partial charge in [-0.25, -0.2) is 16.8 Å². The van der Waals surface area contributed by atoms with Crippen molar-refractivity contribution in [1.29, 1.82) is 0 Å². The Morgan fingerprint density at radius 3 is 2.06 bits per heavy atom. The average molecular weight is 271 g/mol. The van der Waals surface area contributed by atoms with Gasteiger partial charge in [-0.2, -0.15) is 0 Å². The zero-order valence-electron chi connectivity index (χ0n) is 10.1. The van der Waals surface area contributed by atoms with Crippen LogP contribution in [0.2, 0.25) is 0 Å². The van der Waals surface area contributed by atoms with E-state index in [1.807, 2.05) is 13.8 Å². The molecule has 1 unspecified atom stereocenters. The molecule has 16 heavy (non-hydrogen) atoms. The molecule has 0 aromatic rings. The summed E-state index contributed by atoms with van der Waals surface area (Å²) in [5.41, 5.74) is 0. The van der Waals surface area contributed by atoms with Crippen molar-refractivity contribution in [3.8, 4) is 0 Å². The monoisotopic (exact) mass is 271 g/mol. The van der Waals surface area contributed by atoms with Gasteiger partial charge in [0.25, 0.3) is 0 Å². The molecule has 0 aromatic heterocycles. The van der Waals surface area contributed by atoms with Crippen LogP contribution >= 0.6 is 0 Å². The van der Waals surface area contributed by atoms with Crippen molar-refractivity contribution < 1.29 is 16.8 Å². The first-order valence-corrected chi connectivity index (χ1v) is 9.16. The minimum Gasteiger partial charge on any atom is -0.314 e. The van der Waals surface area contributed by atoms with E-state index in [2.05, 4.69) is 5.32 Å². The molecule has 0 radical (unpaired) electrons. The van der Waals surface area contributed by atoms with Gasteiger partial charge in [-0.15, -0.1) is 0 Å². The molecule has 0 fully saturated rings. The van der Waals surface area contributed by atoms with Gasteiger partial charge in [-0.1, -0.05) is 6.92 Å². The van der Waals surface area contributed by atoms with Gasteiger partial charge in [0.15, 0.2) is 9.84 Å². The summed E-state index contributed by atoms with van der Waals surface area (Å²) in [6, 6.07) is 0.137. The number of rotatable bonds is 8. The first-order chi connectivity index (χ1) is 7.16. The van der Waals surface area contributed by atoms with Gasteiger partial charge in [0.2, 0.25) is 0 Å². The molecule has 0 amide bonds. The Kier molecular flexibility index (Phi) is 6.50. The van der Waals surface area contributed by atoms with Crippen molar-refractivity contribution in [2.75, 3.05) is 30.1 Å². The molecule has 0 saturated heterocycles. The third kappa shape index (κ3) is 9.11. The summed E-state index contributed by atoms with van der Waals surface area (Å²) < 4.78 is 44.7. The molecule has 7 heteroatoms. The number of nitrogens with one attached hydrogen (secondary N) is 1. The zero-order chi connectivity index (χ0) is 12.8. The third-order valence-corrected chi connectivity index (χ3v) is 5.07. The summed E-state index contributed by atoms with van der Waals surface area (Å²) in [6.07, 6.45) is 1.56. The Labute approximate surface area is 98.5 Å². The molecular formula is C9H21NO4S2. The smallest absolute Gasteiger partial charge is 0.151 e. The van der Waals surface area contributed by atoms with Crippen LogP contribution in [0, 0.1) is 0 Å². The van der Waals surface area contributed by atoms with E-state index < -0.39 is 19.7 Å². The van der Waals surface area contributed by atoms with Crippen LogP contribution in [0.3, 0.4) is 0 Å². The highest BCUT2D eigenvalue weighted by atomic mass is 32.2. The van der Waals surface area contributed by atoms with Crippen LogP contribution in [0.1, 0.15) is 20.3 Å². The van der Waals surface area contributed by atoms with E-state index in [-0.39, 0.29) is 23.3 Å². The van der Waals surface area contributed by atoms with Crippen molar-refractivity contribution in [1.82, 2.24) is 5.32 Å². The van der Waals surface area contributed by atoms with Crippen LogP contribution in [0.4, 0.5) is 0 Å². The van der Waals surface area contributed by atoms with Crippen LogP contribution in [0.15, 0.2) is 0 Å². The Balaban J connectivity index is 4.07. The van der Waals surface area contributed by atoms with E-state index in [4.69, 9.17) is 0 Å². The number of sulfone groups is 2. The van der Waals surface area contributed by atoms with E-state index in [1.54, 1.807) is 0 Å². The normalized spacial score (nSPS) is 14.9. The minimum atomic E-state index is -3.25. The Morgan fingerprint density at radius 1 is 1.06 bits per heavy atom. The lowest BCUT2D eigenvalue weighted by Crippen LogP contribution is -2.29. The van der Waals surface area contributed by atoms with E-state index in [1.165, 1.54) is 0 Å². The van der Waals surface area contributed by atoms with Crippen LogP contribution in [0.25, 0.3) is 0 Å². The highest BCUT2D eigenvalue weighted by Crippen LogP contribution is 2.00. The highest BCUT2D eigenvalue weighted by Gasteiger charge is 2.15. The Hall–Kier alpha value is -0.140. The lowest BCUT2D eigenvalue weighted by Gasteiger charge is -2.11. The summed E-state index contributed by atoms with van der Waals surface area (Å²) in [6.45, 7) is 4.66. The second kappa shape index (κ2) is 6.56. The molecule has 0 saturated carbocycles. The van der Waals surface area contributed by atoms with Gasteiger partial charge in [-0.3, -0.25) is 0 Å². The quantitative estimate of drug-likeness (QED) is 0.663. The third-order valence-electron chi connectivity index (χ3n) is 2.18. The average Bonchev–Trinajstić information content (AvgIpc) is 2.12. The molecule has 0 aliphatic heterocycles. The molecule has 0 heterocycles. The molecule has 5 nitrogen and oxygen atoms in total. The fraction of sp³-hybridized carbons (Fsp3) is 1.00. The first-order valence-electron chi connectivity index (χ1n) is 5.28. The standard InChI is InChI=1S/C9H21NO4S2/c1-4-10-9(2)5-6-16(13,14)8-7-15(3,11)12/h9-10H,4-8H2,1-3H3. The molecule has 0 aliphatic rings. The molecule has 0 spiro atoms. The lowest BCUT2D eigenvalue weighted by atomic mass is 10.3. The maximum atomic E-state index is 11.5. The van der Waals surface area contributed by atoms with E-state index >= 15 is 0 Å². The van der Waals surface area contributed by atoms with E-state index in [0.29, 0.717) is 6.42 Å². The first kappa shape index (κ1) is 15.9. The number of hydrogen-bond acceptors (Lipinski definition) is 5. The fourth-order valence-electron chi connectivity index (χ4n) is 1.19. The molecule has 1 N–H and O–H groups in total. The van der Waals surface area contributed by atoms with Crippen molar-refractivity contribution in [2.45, 2.75) is 26.3 Å². The molecule has 0 rings (SSSR count). The van der Waals surface area contributed by atoms with Crippen LogP contribution in [0.5, 0.6) is 0 Å². The zero-order valence-corrected chi connectivity index (χ0v) is 11.7. The lowest BCUT2D eigenvalue weighted by molar-refractivity contribution is 0.541. The van der Waals surface area contributed by atoms with Gasteiger partial charge in [-0.05, 0) is 19.9 Å². The van der Waals surface area contributed by atoms with Crippen LogP contribution < -0.4 is 5.32 Å². The van der Waals surface area contributed by atoms with Gasteiger partial charge in [0.1, 0.15) is 9.84 Å². The van der Waals surface area contributed by atoms with Gasteiger partial charge < -0.3 is 5.32 Å². The Bertz CT molecular complexity index is 386. The van der Waals surface area contributed by atoms with Crippen molar-refractivity contribution in [3.63, 3.8) is 0 Å². The van der Waals surface area contributed by atoms with Crippen molar-refractivity contribution >= 4 is 19.7 Å². The van der Waals surface area contributed by atoms with E-state index in [0.717, 1.165) is 12.8 Å². The summed E-state index contributed by atoms with van der Waals surface area (Å²) in [4.78, 5) is 0. The van der Waals surface area contributed by atoms with Crippen LogP contribution in [-0.2, 0) is 19.7 Å². The molecule has 0 aromatic carbocycles. The van der Waals surface area contributed by atoms with Gasteiger partial charge in [0, 0.05) is 12.3 Å². The van der Waals surface area contributed by atoms with Gasteiger partial charge >= 0.3 is 0 Å². The summed E-state index contributed by atoms with van der Waals surface area (Å²) in [5, 5.41) is 3.11. The Morgan fingerprint density at radius 2 is 1.62 bits per heavy atom. The summed E-state index contributed by atoms with van der Waals surface area (Å²) in [7, 11) is -6.45. The highest BCUT2D eigenvalue weighted by molar-refractivity contribution is 7.94. The number of hydrogen-bond donors (Lipinski definition) is 1. The summed E-state index contributed by atoms with van der Waals surface area (Å²) >= 11 is 0. The predicted octanol–water partition coefficient (Wildman–Crippen LogP) is -0.166. The van der Waals surface area contributed by atoms with Crippen molar-refractivity contribution in [2.24, 2.45) is 0 Å². The maximum absolute atomic E-state index is 11.5. The van der Waals surface area contributed by atoms with Crippen molar-refractivity contribution in [3.05, 3.63) is 0 Å². The largest absolute Gasteiger partial charge is 0.314 e. The second-order valence-electron chi connectivity index (χ2n) is 4.03. The maximum Gasteiger partial charge on any atom is 0.151 e. The fourth-order valence-corrected chi connectivity index (χ4v) is 4.33. The minimum absolute atomic E-state index is 0.0384. The molecule has 1 atom stereocenters.